The minimum Gasteiger partial charge on any atom is -0.314 e. The van der Waals surface area contributed by atoms with Gasteiger partial charge in [-0.3, -0.25) is 0 Å². The number of piperidine rings is 1. The van der Waals surface area contributed by atoms with Gasteiger partial charge in [-0.15, -0.1) is 0 Å². The van der Waals surface area contributed by atoms with Gasteiger partial charge in [-0.05, 0) is 18.9 Å². The van der Waals surface area contributed by atoms with Crippen molar-refractivity contribution in [2.45, 2.75) is 24.3 Å². The molecule has 1 aromatic heterocycles. The molecule has 2 atom stereocenters. The van der Waals surface area contributed by atoms with E-state index in [0.717, 1.165) is 25.3 Å². The summed E-state index contributed by atoms with van der Waals surface area (Å²) in [5.41, 5.74) is 1.28. The second-order valence-corrected chi connectivity index (χ2v) is 4.57. The highest BCUT2D eigenvalue weighted by Crippen LogP contribution is 2.32. The minimum atomic E-state index is 0.159. The third kappa shape index (κ3) is 1.54. The summed E-state index contributed by atoms with van der Waals surface area (Å²) in [6.45, 7) is 3.12. The number of nitrogens with zero attached hydrogens (tertiary/aromatic N) is 2. The summed E-state index contributed by atoms with van der Waals surface area (Å²) in [5, 5.41) is 7.10. The summed E-state index contributed by atoms with van der Waals surface area (Å²) in [4.78, 5) is 8.16. The van der Waals surface area contributed by atoms with Crippen LogP contribution in [-0.2, 0) is 5.41 Å². The van der Waals surface area contributed by atoms with E-state index in [1.807, 2.05) is 6.07 Å². The first-order valence-electron chi connectivity index (χ1n) is 5.53. The third-order valence-electron chi connectivity index (χ3n) is 3.63. The lowest BCUT2D eigenvalue weighted by atomic mass is 9.77. The summed E-state index contributed by atoms with van der Waals surface area (Å²) < 4.78 is 0. The number of fused-ring (bicyclic) bond motifs is 4. The zero-order chi connectivity index (χ0) is 10.1. The molecular formula is C11H15N4. The molecule has 0 amide bonds. The second-order valence-electron chi connectivity index (χ2n) is 4.57. The van der Waals surface area contributed by atoms with E-state index < -0.39 is 0 Å². The second kappa shape index (κ2) is 3.54. The van der Waals surface area contributed by atoms with Crippen LogP contribution >= 0.6 is 0 Å². The number of rotatable bonds is 1. The van der Waals surface area contributed by atoms with Gasteiger partial charge < -0.3 is 10.6 Å². The Morgan fingerprint density at radius 2 is 2.47 bits per heavy atom. The molecule has 1 radical (unpaired) electrons. The highest BCUT2D eigenvalue weighted by atomic mass is 15.1. The molecule has 2 N–H and O–H groups in total. The molecule has 1 aromatic rings. The lowest BCUT2D eigenvalue weighted by molar-refractivity contribution is 0.299. The molecule has 3 aliphatic heterocycles. The largest absolute Gasteiger partial charge is 0.314 e. The van der Waals surface area contributed by atoms with Crippen molar-refractivity contribution in [3.63, 3.8) is 0 Å². The number of nitrogens with one attached hydrogen (secondary N) is 2. The first-order valence-corrected chi connectivity index (χ1v) is 5.53. The van der Waals surface area contributed by atoms with Crippen molar-refractivity contribution in [1.29, 1.82) is 0 Å². The van der Waals surface area contributed by atoms with Crippen molar-refractivity contribution in [3.8, 4) is 0 Å². The standard InChI is InChI=1S/C11H15N4/c1-3-11(10-2-4-12-8-15-10)6-13-5-9(1)14-7-11/h2,4,9,13-14H,1,3,5-7H2. The summed E-state index contributed by atoms with van der Waals surface area (Å²) in [7, 11) is 0. The number of aromatic nitrogens is 2. The van der Waals surface area contributed by atoms with E-state index in [1.165, 1.54) is 12.8 Å². The van der Waals surface area contributed by atoms with Crippen LogP contribution in [0.25, 0.3) is 0 Å². The first kappa shape index (κ1) is 9.24. The predicted molar refractivity (Wildman–Crippen MR) is 56.4 cm³/mol. The molecule has 0 saturated carbocycles. The fourth-order valence-corrected chi connectivity index (χ4v) is 2.66. The van der Waals surface area contributed by atoms with Crippen molar-refractivity contribution in [3.05, 3.63) is 24.3 Å². The first-order chi connectivity index (χ1) is 7.39. The molecule has 3 saturated heterocycles. The molecule has 2 bridgehead atoms. The Morgan fingerprint density at radius 3 is 3.20 bits per heavy atom. The zero-order valence-corrected chi connectivity index (χ0v) is 8.66. The van der Waals surface area contributed by atoms with Gasteiger partial charge in [0.25, 0.3) is 0 Å². The highest BCUT2D eigenvalue weighted by Gasteiger charge is 2.40. The fraction of sp³-hybridized carbons (Fsp3) is 0.636. The van der Waals surface area contributed by atoms with Crippen LogP contribution in [0, 0.1) is 6.33 Å². The van der Waals surface area contributed by atoms with Gasteiger partial charge in [-0.25, -0.2) is 9.97 Å². The molecule has 4 rings (SSSR count). The van der Waals surface area contributed by atoms with Crippen LogP contribution < -0.4 is 10.6 Å². The van der Waals surface area contributed by atoms with Crippen LogP contribution in [0.5, 0.6) is 0 Å². The summed E-state index contributed by atoms with van der Waals surface area (Å²) in [6.07, 6.45) is 6.93. The van der Waals surface area contributed by atoms with Gasteiger partial charge in [0.05, 0.1) is 5.69 Å². The molecule has 4 nitrogen and oxygen atoms in total. The molecular weight excluding hydrogens is 188 g/mol. The van der Waals surface area contributed by atoms with Crippen molar-refractivity contribution < 1.29 is 0 Å². The van der Waals surface area contributed by atoms with E-state index in [9.17, 15) is 0 Å². The van der Waals surface area contributed by atoms with E-state index in [1.54, 1.807) is 6.20 Å². The van der Waals surface area contributed by atoms with Crippen LogP contribution in [0.1, 0.15) is 18.5 Å². The SMILES string of the molecule is [c]1nccc(C23CCC(CNC2)NC3)n1. The minimum absolute atomic E-state index is 0.159. The van der Waals surface area contributed by atoms with E-state index in [4.69, 9.17) is 0 Å². The van der Waals surface area contributed by atoms with E-state index in [0.29, 0.717) is 6.04 Å². The maximum atomic E-state index is 4.30. The fourth-order valence-electron chi connectivity index (χ4n) is 2.66. The molecule has 0 aliphatic carbocycles. The lowest BCUT2D eigenvalue weighted by Gasteiger charge is -2.36. The van der Waals surface area contributed by atoms with E-state index in [2.05, 4.69) is 26.9 Å². The highest BCUT2D eigenvalue weighted by molar-refractivity contribution is 5.19. The van der Waals surface area contributed by atoms with Gasteiger partial charge in [0.1, 0.15) is 0 Å². The normalized spacial score (nSPS) is 35.1. The van der Waals surface area contributed by atoms with Crippen molar-refractivity contribution in [2.75, 3.05) is 19.6 Å². The Bertz CT molecular complexity index is 324. The molecule has 79 valence electrons. The molecule has 0 aromatic carbocycles. The quantitative estimate of drug-likeness (QED) is 0.667. The Balaban J connectivity index is 1.95. The van der Waals surface area contributed by atoms with Gasteiger partial charge in [0, 0.05) is 37.3 Å². The lowest BCUT2D eigenvalue weighted by Crippen LogP contribution is -2.48. The van der Waals surface area contributed by atoms with Crippen LogP contribution in [0.15, 0.2) is 12.3 Å². The van der Waals surface area contributed by atoms with Gasteiger partial charge in [0.2, 0.25) is 0 Å². The van der Waals surface area contributed by atoms with Crippen molar-refractivity contribution >= 4 is 0 Å². The van der Waals surface area contributed by atoms with E-state index >= 15 is 0 Å². The summed E-state index contributed by atoms with van der Waals surface area (Å²) >= 11 is 0. The molecule has 15 heavy (non-hydrogen) atoms. The maximum absolute atomic E-state index is 4.30. The van der Waals surface area contributed by atoms with Crippen LogP contribution in [-0.4, -0.2) is 35.6 Å². The predicted octanol–water partition coefficient (Wildman–Crippen LogP) is -0.130. The van der Waals surface area contributed by atoms with Gasteiger partial charge in [-0.1, -0.05) is 0 Å². The van der Waals surface area contributed by atoms with Crippen molar-refractivity contribution in [2.24, 2.45) is 0 Å². The Labute approximate surface area is 89.5 Å². The average Bonchev–Trinajstić information content (AvgIpc) is 2.65. The Hall–Kier alpha value is -1.00. The summed E-state index contributed by atoms with van der Waals surface area (Å²) in [5.74, 6) is 0. The Morgan fingerprint density at radius 1 is 1.47 bits per heavy atom. The molecule has 0 spiro atoms. The van der Waals surface area contributed by atoms with Crippen LogP contribution in [0.2, 0.25) is 0 Å². The summed E-state index contributed by atoms with van der Waals surface area (Å²) in [6, 6.07) is 2.66. The number of hydrogen-bond acceptors (Lipinski definition) is 4. The van der Waals surface area contributed by atoms with Gasteiger partial charge >= 0.3 is 0 Å². The topological polar surface area (TPSA) is 49.8 Å². The molecule has 3 fully saturated rings. The number of hydrogen-bond donors (Lipinski definition) is 2. The van der Waals surface area contributed by atoms with E-state index in [-0.39, 0.29) is 5.41 Å². The third-order valence-corrected chi connectivity index (χ3v) is 3.63. The van der Waals surface area contributed by atoms with Crippen LogP contribution in [0.3, 0.4) is 0 Å². The molecule has 4 heteroatoms. The van der Waals surface area contributed by atoms with Crippen LogP contribution in [0.4, 0.5) is 0 Å². The van der Waals surface area contributed by atoms with Crippen molar-refractivity contribution in [1.82, 2.24) is 20.6 Å². The smallest absolute Gasteiger partial charge is 0.197 e. The molecule has 3 aliphatic rings. The monoisotopic (exact) mass is 203 g/mol. The van der Waals surface area contributed by atoms with Gasteiger partial charge in [0.15, 0.2) is 6.33 Å². The zero-order valence-electron chi connectivity index (χ0n) is 8.66. The maximum Gasteiger partial charge on any atom is 0.197 e. The Kier molecular flexibility index (Phi) is 2.18. The average molecular weight is 203 g/mol. The molecule has 4 heterocycles. The van der Waals surface area contributed by atoms with Gasteiger partial charge in [-0.2, -0.15) is 0 Å². The molecule has 2 unspecified atom stereocenters.